The highest BCUT2D eigenvalue weighted by atomic mass is 32.1. The Balaban J connectivity index is 1.94. The summed E-state index contributed by atoms with van der Waals surface area (Å²) in [6.07, 6.45) is 0. The van der Waals surface area contributed by atoms with Crippen LogP contribution in [-0.4, -0.2) is 13.0 Å². The first kappa shape index (κ1) is 13.2. The summed E-state index contributed by atoms with van der Waals surface area (Å²) in [6.45, 7) is 0. The molecule has 0 unspecified atom stereocenters. The Kier molecular flexibility index (Phi) is 3.34. The smallest absolute Gasteiger partial charge is 0.292 e. The minimum absolute atomic E-state index is 0.173. The number of furan rings is 1. The van der Waals surface area contributed by atoms with Crippen molar-refractivity contribution < 1.29 is 13.9 Å². The summed E-state index contributed by atoms with van der Waals surface area (Å²) in [7, 11) is 1.54. The molecule has 21 heavy (non-hydrogen) atoms. The molecule has 1 amide bonds. The van der Waals surface area contributed by atoms with Gasteiger partial charge < -0.3 is 14.5 Å². The van der Waals surface area contributed by atoms with Gasteiger partial charge in [0.15, 0.2) is 17.1 Å². The third-order valence-electron chi connectivity index (χ3n) is 2.96. The first-order valence-corrected chi connectivity index (χ1v) is 6.96. The quantitative estimate of drug-likeness (QED) is 0.801. The van der Waals surface area contributed by atoms with Crippen LogP contribution in [0.1, 0.15) is 16.1 Å². The third-order valence-corrected chi connectivity index (χ3v) is 3.79. The number of nitriles is 1. The van der Waals surface area contributed by atoms with Gasteiger partial charge in [-0.2, -0.15) is 5.26 Å². The average Bonchev–Trinajstić information content (AvgIpc) is 3.12. The number of methoxy groups -OCH3 is 1. The Morgan fingerprint density at radius 1 is 1.43 bits per heavy atom. The molecule has 0 saturated carbocycles. The number of anilines is 1. The van der Waals surface area contributed by atoms with Gasteiger partial charge in [0.25, 0.3) is 5.91 Å². The molecule has 6 heteroatoms. The largest absolute Gasteiger partial charge is 0.493 e. The van der Waals surface area contributed by atoms with Crippen molar-refractivity contribution in [2.24, 2.45) is 0 Å². The van der Waals surface area contributed by atoms with Gasteiger partial charge in [0.2, 0.25) is 0 Å². The van der Waals surface area contributed by atoms with E-state index < -0.39 is 5.91 Å². The van der Waals surface area contributed by atoms with Crippen molar-refractivity contribution in [2.45, 2.75) is 0 Å². The molecule has 2 heterocycles. The number of fused-ring (bicyclic) bond motifs is 1. The summed E-state index contributed by atoms with van der Waals surface area (Å²) in [5, 5.41) is 14.7. The van der Waals surface area contributed by atoms with Crippen molar-refractivity contribution in [3.8, 4) is 11.8 Å². The molecule has 104 valence electrons. The van der Waals surface area contributed by atoms with Gasteiger partial charge in [0, 0.05) is 5.39 Å². The number of para-hydroxylation sites is 1. The number of benzene rings is 1. The molecule has 0 spiro atoms. The highest BCUT2D eigenvalue weighted by Crippen LogP contribution is 2.29. The molecular formula is C15H10N2O3S. The molecule has 0 aliphatic heterocycles. The third kappa shape index (κ3) is 2.35. The normalized spacial score (nSPS) is 10.3. The molecule has 1 N–H and O–H groups in total. The SMILES string of the molecule is COc1cccc2cc(C(=O)Nc3sccc3C#N)oc12. The fraction of sp³-hybridized carbons (Fsp3) is 0.0667. The van der Waals surface area contributed by atoms with Crippen LogP contribution in [0.3, 0.4) is 0 Å². The van der Waals surface area contributed by atoms with E-state index in [9.17, 15) is 4.79 Å². The van der Waals surface area contributed by atoms with Gasteiger partial charge in [-0.25, -0.2) is 0 Å². The van der Waals surface area contributed by atoms with Crippen LogP contribution >= 0.6 is 11.3 Å². The summed E-state index contributed by atoms with van der Waals surface area (Å²) in [5.74, 6) is 0.347. The maximum Gasteiger partial charge on any atom is 0.292 e. The number of thiophene rings is 1. The monoisotopic (exact) mass is 298 g/mol. The molecule has 0 fully saturated rings. The predicted molar refractivity (Wildman–Crippen MR) is 79.8 cm³/mol. The fourth-order valence-corrected chi connectivity index (χ4v) is 2.70. The first-order chi connectivity index (χ1) is 10.2. The Labute approximate surface area is 124 Å². The highest BCUT2D eigenvalue weighted by molar-refractivity contribution is 7.14. The number of nitrogens with zero attached hydrogens (tertiary/aromatic N) is 1. The van der Waals surface area contributed by atoms with Gasteiger partial charge >= 0.3 is 0 Å². The molecule has 2 aromatic heterocycles. The summed E-state index contributed by atoms with van der Waals surface area (Å²) >= 11 is 1.29. The van der Waals surface area contributed by atoms with Gasteiger partial charge in [-0.15, -0.1) is 11.3 Å². The van der Waals surface area contributed by atoms with E-state index >= 15 is 0 Å². The second-order valence-corrected chi connectivity index (χ2v) is 5.13. The van der Waals surface area contributed by atoms with E-state index in [1.165, 1.54) is 11.3 Å². The number of carbonyl (C=O) groups is 1. The number of carbonyl (C=O) groups excluding carboxylic acids is 1. The highest BCUT2D eigenvalue weighted by Gasteiger charge is 2.16. The number of ether oxygens (including phenoxy) is 1. The lowest BCUT2D eigenvalue weighted by Crippen LogP contribution is -2.10. The average molecular weight is 298 g/mol. The molecule has 1 aromatic carbocycles. The second-order valence-electron chi connectivity index (χ2n) is 4.22. The standard InChI is InChI=1S/C15H10N2O3S/c1-19-11-4-2-3-9-7-12(20-13(9)11)14(18)17-15-10(8-16)5-6-21-15/h2-7H,1H3,(H,17,18). The summed E-state index contributed by atoms with van der Waals surface area (Å²) in [5.41, 5.74) is 0.957. The molecule has 3 rings (SSSR count). The van der Waals surface area contributed by atoms with Gasteiger partial charge in [-0.1, -0.05) is 12.1 Å². The molecule has 0 aliphatic carbocycles. The van der Waals surface area contributed by atoms with Crippen LogP contribution in [0.5, 0.6) is 5.75 Å². The van der Waals surface area contributed by atoms with E-state index in [4.69, 9.17) is 14.4 Å². The van der Waals surface area contributed by atoms with Crippen LogP contribution in [0, 0.1) is 11.3 Å². The van der Waals surface area contributed by atoms with Crippen LogP contribution in [0.15, 0.2) is 40.1 Å². The fourth-order valence-electron chi connectivity index (χ4n) is 1.97. The zero-order valence-corrected chi connectivity index (χ0v) is 11.9. The molecule has 0 saturated heterocycles. The number of rotatable bonds is 3. The first-order valence-electron chi connectivity index (χ1n) is 6.08. The molecule has 0 atom stereocenters. The minimum Gasteiger partial charge on any atom is -0.493 e. The van der Waals surface area contributed by atoms with E-state index in [2.05, 4.69) is 5.32 Å². The van der Waals surface area contributed by atoms with E-state index in [1.807, 2.05) is 18.2 Å². The molecule has 5 nitrogen and oxygen atoms in total. The Morgan fingerprint density at radius 3 is 3.05 bits per heavy atom. The van der Waals surface area contributed by atoms with Gasteiger partial charge in [-0.05, 0) is 23.6 Å². The molecule has 0 bridgehead atoms. The number of hydrogen-bond donors (Lipinski definition) is 1. The maximum atomic E-state index is 12.2. The van der Waals surface area contributed by atoms with Gasteiger partial charge in [0.05, 0.1) is 12.7 Å². The van der Waals surface area contributed by atoms with Crippen LogP contribution in [0.2, 0.25) is 0 Å². The van der Waals surface area contributed by atoms with Crippen molar-refractivity contribution in [1.82, 2.24) is 0 Å². The van der Waals surface area contributed by atoms with E-state index in [0.717, 1.165) is 5.39 Å². The van der Waals surface area contributed by atoms with Crippen LogP contribution in [-0.2, 0) is 0 Å². The van der Waals surface area contributed by atoms with Gasteiger partial charge in [0.1, 0.15) is 11.1 Å². The molecular weight excluding hydrogens is 288 g/mol. The van der Waals surface area contributed by atoms with Crippen molar-refractivity contribution in [3.63, 3.8) is 0 Å². The summed E-state index contributed by atoms with van der Waals surface area (Å²) < 4.78 is 10.8. The Hall–Kier alpha value is -2.78. The zero-order chi connectivity index (χ0) is 14.8. The molecule has 0 radical (unpaired) electrons. The Bertz CT molecular complexity index is 857. The zero-order valence-electron chi connectivity index (χ0n) is 11.0. The number of nitrogens with one attached hydrogen (secondary N) is 1. The van der Waals surface area contributed by atoms with Crippen molar-refractivity contribution in [3.05, 3.63) is 47.0 Å². The Morgan fingerprint density at radius 2 is 2.29 bits per heavy atom. The van der Waals surface area contributed by atoms with Crippen molar-refractivity contribution in [2.75, 3.05) is 12.4 Å². The summed E-state index contributed by atoms with van der Waals surface area (Å²) in [4.78, 5) is 12.2. The van der Waals surface area contributed by atoms with E-state index in [-0.39, 0.29) is 5.76 Å². The predicted octanol–water partition coefficient (Wildman–Crippen LogP) is 3.63. The topological polar surface area (TPSA) is 75.3 Å². The van der Waals surface area contributed by atoms with E-state index in [1.54, 1.807) is 30.7 Å². The molecule has 0 aliphatic rings. The van der Waals surface area contributed by atoms with Crippen molar-refractivity contribution in [1.29, 1.82) is 5.26 Å². The maximum absolute atomic E-state index is 12.2. The van der Waals surface area contributed by atoms with Crippen LogP contribution in [0.4, 0.5) is 5.00 Å². The number of amides is 1. The minimum atomic E-state index is -0.396. The van der Waals surface area contributed by atoms with Gasteiger partial charge in [-0.3, -0.25) is 4.79 Å². The lowest BCUT2D eigenvalue weighted by Gasteiger charge is -2.00. The second kappa shape index (κ2) is 5.31. The van der Waals surface area contributed by atoms with E-state index in [0.29, 0.717) is 21.9 Å². The number of hydrogen-bond acceptors (Lipinski definition) is 5. The van der Waals surface area contributed by atoms with Crippen molar-refractivity contribution >= 4 is 33.2 Å². The lowest BCUT2D eigenvalue weighted by atomic mass is 10.2. The summed E-state index contributed by atoms with van der Waals surface area (Å²) in [6, 6.07) is 10.7. The van der Waals surface area contributed by atoms with Crippen LogP contribution in [0.25, 0.3) is 11.0 Å². The molecule has 3 aromatic rings. The van der Waals surface area contributed by atoms with Crippen LogP contribution < -0.4 is 10.1 Å². The lowest BCUT2D eigenvalue weighted by molar-refractivity contribution is 0.0999.